The smallest absolute Gasteiger partial charge is 0.187 e. The maximum absolute atomic E-state index is 11.2. The highest BCUT2D eigenvalue weighted by molar-refractivity contribution is 7.98. The van der Waals surface area contributed by atoms with Gasteiger partial charge in [0.2, 0.25) is 0 Å². The van der Waals surface area contributed by atoms with Gasteiger partial charge in [-0.3, -0.25) is 0 Å². The molecule has 4 rings (SSSR count). The molecule has 0 bridgehead atoms. The summed E-state index contributed by atoms with van der Waals surface area (Å²) in [5.41, 5.74) is 2.86. The van der Waals surface area contributed by atoms with Crippen molar-refractivity contribution in [2.24, 2.45) is 0 Å². The van der Waals surface area contributed by atoms with Gasteiger partial charge >= 0.3 is 0 Å². The summed E-state index contributed by atoms with van der Waals surface area (Å²) in [6.45, 7) is 0. The molecule has 5 nitrogen and oxygen atoms in total. The van der Waals surface area contributed by atoms with Gasteiger partial charge in [-0.2, -0.15) is 4.73 Å². The molecule has 2 aromatic heterocycles. The number of aromatic nitrogens is 4. The van der Waals surface area contributed by atoms with E-state index in [4.69, 9.17) is 28.2 Å². The Morgan fingerprint density at radius 2 is 1.67 bits per heavy atom. The van der Waals surface area contributed by atoms with Crippen LogP contribution in [0.3, 0.4) is 0 Å². The number of benzene rings is 2. The Morgan fingerprint density at radius 1 is 0.933 bits per heavy atom. The van der Waals surface area contributed by atoms with Crippen LogP contribution in [0.5, 0.6) is 0 Å². The van der Waals surface area contributed by atoms with E-state index in [0.29, 0.717) is 37.8 Å². The van der Waals surface area contributed by atoms with E-state index >= 15 is 0 Å². The average molecular weight is 475 g/mol. The number of nitrogens with zero attached hydrogens (tertiary/aromatic N) is 4. The molecule has 0 atom stereocenters. The van der Waals surface area contributed by atoms with Crippen LogP contribution >= 0.6 is 46.7 Å². The maximum Gasteiger partial charge on any atom is 0.187 e. The molecule has 4 aromatic rings. The number of hydrogen-bond donors (Lipinski definition) is 1. The molecular formula is C21H16Cl2N4OS2. The summed E-state index contributed by atoms with van der Waals surface area (Å²) in [6.07, 6.45) is 5.56. The first-order chi connectivity index (χ1) is 14.5. The van der Waals surface area contributed by atoms with Gasteiger partial charge in [0.15, 0.2) is 11.0 Å². The third kappa shape index (κ3) is 3.90. The van der Waals surface area contributed by atoms with Gasteiger partial charge in [-0.05, 0) is 42.8 Å². The van der Waals surface area contributed by atoms with E-state index in [1.165, 1.54) is 11.8 Å². The second-order valence-electron chi connectivity index (χ2n) is 6.20. The van der Waals surface area contributed by atoms with E-state index < -0.39 is 0 Å². The Balaban J connectivity index is 2.03. The number of thioether (sulfide) groups is 2. The Morgan fingerprint density at radius 3 is 2.37 bits per heavy atom. The fourth-order valence-electron chi connectivity index (χ4n) is 3.06. The molecule has 0 aliphatic heterocycles. The zero-order valence-corrected chi connectivity index (χ0v) is 19.1. The lowest BCUT2D eigenvalue weighted by molar-refractivity contribution is 0.195. The molecule has 30 heavy (non-hydrogen) atoms. The molecule has 0 aliphatic carbocycles. The minimum atomic E-state index is 0.245. The minimum Gasteiger partial charge on any atom is -0.426 e. The third-order valence-electron chi connectivity index (χ3n) is 4.44. The van der Waals surface area contributed by atoms with Crippen molar-refractivity contribution in [2.75, 3.05) is 12.5 Å². The van der Waals surface area contributed by atoms with Gasteiger partial charge in [0.1, 0.15) is 11.4 Å². The molecule has 2 aromatic carbocycles. The lowest BCUT2D eigenvalue weighted by Crippen LogP contribution is -2.00. The molecule has 0 radical (unpaired) electrons. The van der Waals surface area contributed by atoms with Crippen LogP contribution in [0.15, 0.2) is 64.8 Å². The second-order valence-corrected chi connectivity index (χ2v) is 8.67. The third-order valence-corrected chi connectivity index (χ3v) is 6.36. The van der Waals surface area contributed by atoms with Gasteiger partial charge in [0.05, 0.1) is 21.3 Å². The van der Waals surface area contributed by atoms with E-state index in [1.54, 1.807) is 42.2 Å². The van der Waals surface area contributed by atoms with Crippen molar-refractivity contribution in [3.05, 3.63) is 64.8 Å². The van der Waals surface area contributed by atoms with Gasteiger partial charge < -0.3 is 5.21 Å². The molecule has 9 heteroatoms. The Bertz CT molecular complexity index is 1210. The van der Waals surface area contributed by atoms with Crippen LogP contribution in [-0.4, -0.2) is 37.4 Å². The quantitative estimate of drug-likeness (QED) is 0.198. The normalized spacial score (nSPS) is 11.1. The van der Waals surface area contributed by atoms with Crippen molar-refractivity contribution in [3.63, 3.8) is 0 Å². The molecule has 1 N–H and O–H groups in total. The Hall–Kier alpha value is -2.19. The molecular weight excluding hydrogens is 459 g/mol. The van der Waals surface area contributed by atoms with Crippen molar-refractivity contribution in [2.45, 2.75) is 10.1 Å². The SMILES string of the molecule is CSc1cccc(-c2nc(-c3c(Cl)cccc3Cl)n(O)c2-c2ccnc(SC)n2)c1. The average Bonchev–Trinajstić information content (AvgIpc) is 3.10. The number of imidazole rings is 1. The largest absolute Gasteiger partial charge is 0.426 e. The highest BCUT2D eigenvalue weighted by Crippen LogP contribution is 2.40. The maximum atomic E-state index is 11.2. The molecule has 0 spiro atoms. The molecule has 152 valence electrons. The number of rotatable bonds is 5. The van der Waals surface area contributed by atoms with Crippen LogP contribution in [0.4, 0.5) is 0 Å². The highest BCUT2D eigenvalue weighted by Gasteiger charge is 2.25. The molecule has 0 saturated carbocycles. The number of halogens is 2. The van der Waals surface area contributed by atoms with Gasteiger partial charge in [-0.15, -0.1) is 11.8 Å². The van der Waals surface area contributed by atoms with E-state index in [2.05, 4.69) is 9.97 Å². The van der Waals surface area contributed by atoms with E-state index in [1.807, 2.05) is 36.8 Å². The molecule has 0 aliphatic rings. The standard InChI is InChI=1S/C21H16Cl2N4OS2/c1-29-13-6-3-5-12(11-13)18-19(16-9-10-24-21(25-16)30-2)27(28)20(26-18)17-14(22)7-4-8-15(17)23/h3-11,28H,1-2H3. The van der Waals surface area contributed by atoms with Crippen LogP contribution < -0.4 is 0 Å². The fourth-order valence-corrected chi connectivity index (χ4v) is 4.44. The van der Waals surface area contributed by atoms with E-state index in [9.17, 15) is 5.21 Å². The van der Waals surface area contributed by atoms with Gasteiger partial charge in [0.25, 0.3) is 0 Å². The lowest BCUT2D eigenvalue weighted by atomic mass is 10.1. The molecule has 0 amide bonds. The summed E-state index contributed by atoms with van der Waals surface area (Å²) < 4.78 is 1.00. The summed E-state index contributed by atoms with van der Waals surface area (Å²) in [5, 5.41) is 12.6. The molecule has 0 unspecified atom stereocenters. The zero-order chi connectivity index (χ0) is 21.3. The lowest BCUT2D eigenvalue weighted by Gasteiger charge is -2.08. The van der Waals surface area contributed by atoms with Crippen molar-refractivity contribution in [1.82, 2.24) is 19.7 Å². The fraction of sp³-hybridized carbons (Fsp3) is 0.0952. The topological polar surface area (TPSA) is 63.8 Å². The minimum absolute atomic E-state index is 0.245. The second kappa shape index (κ2) is 8.89. The predicted octanol–water partition coefficient (Wildman–Crippen LogP) is 6.66. The Kier molecular flexibility index (Phi) is 6.24. The summed E-state index contributed by atoms with van der Waals surface area (Å²) in [4.78, 5) is 14.6. The van der Waals surface area contributed by atoms with Crippen LogP contribution in [0.1, 0.15) is 0 Å². The summed E-state index contributed by atoms with van der Waals surface area (Å²) in [5.74, 6) is 0.245. The van der Waals surface area contributed by atoms with E-state index in [0.717, 1.165) is 15.2 Å². The van der Waals surface area contributed by atoms with Gasteiger partial charge in [-0.25, -0.2) is 15.0 Å². The summed E-state index contributed by atoms with van der Waals surface area (Å²) >= 11 is 15.9. The molecule has 0 fully saturated rings. The van der Waals surface area contributed by atoms with Crippen LogP contribution in [0, 0.1) is 0 Å². The van der Waals surface area contributed by atoms with Crippen molar-refractivity contribution >= 4 is 46.7 Å². The monoisotopic (exact) mass is 474 g/mol. The predicted molar refractivity (Wildman–Crippen MR) is 125 cm³/mol. The summed E-state index contributed by atoms with van der Waals surface area (Å²) in [6, 6.07) is 14.8. The number of hydrogen-bond acceptors (Lipinski definition) is 6. The van der Waals surface area contributed by atoms with Crippen molar-refractivity contribution in [1.29, 1.82) is 0 Å². The van der Waals surface area contributed by atoms with Crippen LogP contribution in [0.25, 0.3) is 34.0 Å². The van der Waals surface area contributed by atoms with Crippen molar-refractivity contribution in [3.8, 4) is 34.0 Å². The highest BCUT2D eigenvalue weighted by atomic mass is 35.5. The van der Waals surface area contributed by atoms with E-state index in [-0.39, 0.29) is 5.82 Å². The molecule has 0 saturated heterocycles. The first kappa shape index (κ1) is 21.1. The Labute approximate surface area is 192 Å². The van der Waals surface area contributed by atoms with Crippen LogP contribution in [0.2, 0.25) is 10.0 Å². The first-order valence-electron chi connectivity index (χ1n) is 8.81. The van der Waals surface area contributed by atoms with Gasteiger partial charge in [0, 0.05) is 16.7 Å². The van der Waals surface area contributed by atoms with Crippen LogP contribution in [-0.2, 0) is 0 Å². The zero-order valence-electron chi connectivity index (χ0n) is 16.0. The first-order valence-corrected chi connectivity index (χ1v) is 12.0. The molecule has 2 heterocycles. The van der Waals surface area contributed by atoms with Gasteiger partial charge in [-0.1, -0.05) is 53.2 Å². The summed E-state index contributed by atoms with van der Waals surface area (Å²) in [7, 11) is 0. The van der Waals surface area contributed by atoms with Crippen molar-refractivity contribution < 1.29 is 5.21 Å².